The van der Waals surface area contributed by atoms with Crippen molar-refractivity contribution in [1.29, 1.82) is 0 Å². The lowest BCUT2D eigenvalue weighted by molar-refractivity contribution is -0.146. The van der Waals surface area contributed by atoms with Gasteiger partial charge in [-0.15, -0.1) is 0 Å². The fraction of sp³-hybridized carbons (Fsp3) is 0.240. The van der Waals surface area contributed by atoms with Gasteiger partial charge in [-0.2, -0.15) is 0 Å². The predicted octanol–water partition coefficient (Wildman–Crippen LogP) is 6.01. The summed E-state index contributed by atoms with van der Waals surface area (Å²) in [6.07, 6.45) is 4.00. The zero-order valence-corrected chi connectivity index (χ0v) is 19.3. The topological polar surface area (TPSA) is 88.2 Å². The Balaban J connectivity index is 1.62. The Morgan fingerprint density at radius 3 is 2.64 bits per heavy atom. The van der Waals surface area contributed by atoms with E-state index < -0.39 is 12.1 Å². The number of aliphatic hydroxyl groups is 1. The Morgan fingerprint density at radius 1 is 1.15 bits per heavy atom. The number of carbonyl (C=O) groups is 1. The van der Waals surface area contributed by atoms with Crippen LogP contribution in [0.25, 0.3) is 22.3 Å². The van der Waals surface area contributed by atoms with Gasteiger partial charge >= 0.3 is 5.97 Å². The van der Waals surface area contributed by atoms with Gasteiger partial charge in [-0.05, 0) is 43.4 Å². The first-order chi connectivity index (χ1) is 15.9. The van der Waals surface area contributed by atoms with Gasteiger partial charge in [-0.1, -0.05) is 53.5 Å². The molecule has 168 valence electrons. The van der Waals surface area contributed by atoms with Gasteiger partial charge in [0.05, 0.1) is 34.8 Å². The summed E-state index contributed by atoms with van der Waals surface area (Å²) < 4.78 is 1.99. The number of aliphatic hydroxyl groups excluding tert-OH is 1. The maximum absolute atomic E-state index is 11.4. The van der Waals surface area contributed by atoms with Crippen LogP contribution in [0.3, 0.4) is 0 Å². The molecule has 2 atom stereocenters. The van der Waals surface area contributed by atoms with Crippen molar-refractivity contribution in [3.05, 3.63) is 81.7 Å². The Morgan fingerprint density at radius 2 is 1.91 bits per heavy atom. The number of imidazole rings is 1. The first-order valence-electron chi connectivity index (χ1n) is 10.7. The van der Waals surface area contributed by atoms with Crippen molar-refractivity contribution in [1.82, 2.24) is 14.5 Å². The molecule has 0 radical (unpaired) electrons. The second-order valence-electron chi connectivity index (χ2n) is 8.35. The van der Waals surface area contributed by atoms with Crippen molar-refractivity contribution < 1.29 is 15.0 Å². The van der Waals surface area contributed by atoms with Gasteiger partial charge in [0.1, 0.15) is 5.52 Å². The van der Waals surface area contributed by atoms with E-state index in [9.17, 15) is 15.0 Å². The molecule has 0 saturated heterocycles. The molecule has 1 saturated carbocycles. The SMILES string of the molecule is C[C@H](c1c(Cl)ccc(C2CC2)c1Cl)n1cnc2cnc(-c3ccccc3C(O)C(=O)O)cc21. The summed E-state index contributed by atoms with van der Waals surface area (Å²) in [5.74, 6) is -0.824. The third-order valence-corrected chi connectivity index (χ3v) is 6.99. The van der Waals surface area contributed by atoms with Crippen LogP contribution in [0.2, 0.25) is 10.0 Å². The normalized spacial score (nSPS) is 15.5. The smallest absolute Gasteiger partial charge is 0.337 e. The molecule has 0 aliphatic heterocycles. The third-order valence-electron chi connectivity index (χ3n) is 6.24. The van der Waals surface area contributed by atoms with Crippen LogP contribution in [0.1, 0.15) is 54.5 Å². The molecule has 2 aromatic carbocycles. The van der Waals surface area contributed by atoms with Gasteiger partial charge < -0.3 is 14.8 Å². The number of aromatic nitrogens is 3. The summed E-state index contributed by atoms with van der Waals surface area (Å²) in [5.41, 5.74) is 4.83. The minimum Gasteiger partial charge on any atom is -0.479 e. The third kappa shape index (κ3) is 3.88. The molecule has 1 fully saturated rings. The summed E-state index contributed by atoms with van der Waals surface area (Å²) >= 11 is 13.4. The van der Waals surface area contributed by atoms with Gasteiger partial charge in [0.25, 0.3) is 0 Å². The summed E-state index contributed by atoms with van der Waals surface area (Å²) in [4.78, 5) is 20.3. The number of rotatable bonds is 6. The van der Waals surface area contributed by atoms with Crippen LogP contribution in [0, 0.1) is 0 Å². The van der Waals surface area contributed by atoms with Crippen LogP contribution in [0.15, 0.2) is 55.0 Å². The molecule has 2 heterocycles. The van der Waals surface area contributed by atoms with E-state index in [4.69, 9.17) is 23.2 Å². The molecule has 6 nitrogen and oxygen atoms in total. The van der Waals surface area contributed by atoms with Crippen molar-refractivity contribution in [2.24, 2.45) is 0 Å². The Kier molecular flexibility index (Phi) is 5.60. The number of pyridine rings is 1. The molecular weight excluding hydrogens is 461 g/mol. The first kappa shape index (κ1) is 21.9. The Bertz CT molecular complexity index is 1380. The molecular formula is C25H21Cl2N3O3. The fourth-order valence-corrected chi connectivity index (χ4v) is 5.15. The van der Waals surface area contributed by atoms with Crippen molar-refractivity contribution >= 4 is 40.2 Å². The van der Waals surface area contributed by atoms with Crippen LogP contribution in [-0.2, 0) is 4.79 Å². The van der Waals surface area contributed by atoms with E-state index in [0.29, 0.717) is 32.7 Å². The summed E-state index contributed by atoms with van der Waals surface area (Å²) in [5, 5.41) is 20.8. The van der Waals surface area contributed by atoms with Crippen molar-refractivity contribution in [3.8, 4) is 11.3 Å². The van der Waals surface area contributed by atoms with Crippen molar-refractivity contribution in [2.75, 3.05) is 0 Å². The lowest BCUT2D eigenvalue weighted by Gasteiger charge is -2.20. The molecule has 0 spiro atoms. The largest absolute Gasteiger partial charge is 0.479 e. The monoisotopic (exact) mass is 481 g/mol. The van der Waals surface area contributed by atoms with E-state index in [0.717, 1.165) is 29.5 Å². The van der Waals surface area contributed by atoms with Crippen LogP contribution in [-0.4, -0.2) is 30.7 Å². The zero-order chi connectivity index (χ0) is 23.3. The first-order valence-corrected chi connectivity index (χ1v) is 11.4. The average Bonchev–Trinajstić information content (AvgIpc) is 3.56. The molecule has 5 rings (SSSR count). The number of carboxylic acid groups (broad SMARTS) is 1. The lowest BCUT2D eigenvalue weighted by atomic mass is 9.99. The highest BCUT2D eigenvalue weighted by atomic mass is 35.5. The number of hydrogen-bond acceptors (Lipinski definition) is 4. The molecule has 8 heteroatoms. The maximum Gasteiger partial charge on any atom is 0.337 e. The second-order valence-corrected chi connectivity index (χ2v) is 9.14. The summed E-state index contributed by atoms with van der Waals surface area (Å²) in [6.45, 7) is 2.02. The van der Waals surface area contributed by atoms with E-state index in [1.165, 1.54) is 0 Å². The number of hydrogen-bond donors (Lipinski definition) is 2. The molecule has 1 aliphatic rings. The number of benzene rings is 2. The highest BCUT2D eigenvalue weighted by Gasteiger charge is 2.29. The van der Waals surface area contributed by atoms with Crippen molar-refractivity contribution in [3.63, 3.8) is 0 Å². The van der Waals surface area contributed by atoms with E-state index in [1.54, 1.807) is 36.8 Å². The van der Waals surface area contributed by atoms with Gasteiger partial charge in [0.2, 0.25) is 0 Å². The molecule has 1 unspecified atom stereocenters. The molecule has 2 aromatic heterocycles. The van der Waals surface area contributed by atoms with Crippen LogP contribution < -0.4 is 0 Å². The predicted molar refractivity (Wildman–Crippen MR) is 128 cm³/mol. The molecule has 1 aliphatic carbocycles. The number of nitrogens with zero attached hydrogens (tertiary/aromatic N) is 3. The van der Waals surface area contributed by atoms with Crippen molar-refractivity contribution in [2.45, 2.75) is 37.8 Å². The number of fused-ring (bicyclic) bond motifs is 1. The quantitative estimate of drug-likeness (QED) is 0.352. The zero-order valence-electron chi connectivity index (χ0n) is 17.7. The summed E-state index contributed by atoms with van der Waals surface area (Å²) in [6, 6.07) is 12.4. The Hall–Kier alpha value is -2.93. The molecule has 33 heavy (non-hydrogen) atoms. The van der Waals surface area contributed by atoms with Crippen LogP contribution in [0.5, 0.6) is 0 Å². The number of halogens is 2. The summed E-state index contributed by atoms with van der Waals surface area (Å²) in [7, 11) is 0. The average molecular weight is 482 g/mol. The highest BCUT2D eigenvalue weighted by Crippen LogP contribution is 2.47. The highest BCUT2D eigenvalue weighted by molar-refractivity contribution is 6.36. The minimum atomic E-state index is -1.65. The number of carboxylic acids is 1. The van der Waals surface area contributed by atoms with Gasteiger partial charge in [0.15, 0.2) is 6.10 Å². The molecule has 2 N–H and O–H groups in total. The molecule has 4 aromatic rings. The van der Waals surface area contributed by atoms with E-state index in [1.807, 2.05) is 29.7 Å². The Labute approximate surface area is 200 Å². The standard InChI is InChI=1S/C25H21Cl2N3O3/c1-13(22-18(26)9-8-15(23(22)27)14-6-7-14)30-12-29-20-11-28-19(10-21(20)30)16-4-2-3-5-17(16)24(31)25(32)33/h2-5,8-14,24,31H,6-7H2,1H3,(H,32,33)/t13-,24?/m1/s1. The minimum absolute atomic E-state index is 0.191. The lowest BCUT2D eigenvalue weighted by Crippen LogP contribution is -2.12. The number of aliphatic carboxylic acids is 1. The maximum atomic E-state index is 11.4. The van der Waals surface area contributed by atoms with E-state index in [-0.39, 0.29) is 11.6 Å². The molecule has 0 amide bonds. The van der Waals surface area contributed by atoms with Gasteiger partial charge in [-0.3, -0.25) is 4.98 Å². The van der Waals surface area contributed by atoms with E-state index in [2.05, 4.69) is 9.97 Å². The van der Waals surface area contributed by atoms with Gasteiger partial charge in [0, 0.05) is 21.7 Å². The van der Waals surface area contributed by atoms with Crippen LogP contribution >= 0.6 is 23.2 Å². The second kappa shape index (κ2) is 8.45. The fourth-order valence-electron chi connectivity index (χ4n) is 4.31. The van der Waals surface area contributed by atoms with Gasteiger partial charge in [-0.25, -0.2) is 9.78 Å². The molecule has 0 bridgehead atoms. The van der Waals surface area contributed by atoms with E-state index >= 15 is 0 Å². The van der Waals surface area contributed by atoms with Crippen LogP contribution in [0.4, 0.5) is 0 Å².